The van der Waals surface area contributed by atoms with E-state index in [0.29, 0.717) is 16.8 Å². The Morgan fingerprint density at radius 2 is 1.93 bits per heavy atom. The van der Waals surface area contributed by atoms with Gasteiger partial charge in [0.05, 0.1) is 23.9 Å². The number of carboxylic acids is 1. The largest absolute Gasteiger partial charge is 0.494 e. The highest BCUT2D eigenvalue weighted by molar-refractivity contribution is 5.93. The zero-order valence-corrected chi connectivity index (χ0v) is 16.2. The fourth-order valence-electron chi connectivity index (χ4n) is 2.95. The van der Waals surface area contributed by atoms with E-state index in [1.54, 1.807) is 18.3 Å². The summed E-state index contributed by atoms with van der Waals surface area (Å²) in [6.45, 7) is 2.15. The van der Waals surface area contributed by atoms with Crippen molar-refractivity contribution in [2.24, 2.45) is 5.73 Å². The average Bonchev–Trinajstić information content (AvgIpc) is 2.67. The van der Waals surface area contributed by atoms with Crippen molar-refractivity contribution in [1.82, 2.24) is 15.0 Å². The molecule has 152 valence electrons. The number of carboxylic acid groups (broad SMARTS) is 1. The molecule has 0 bridgehead atoms. The SMILES string of the molecule is Cc1c(N(C)c2ccc(OCCC(N)C(=O)O)cc2)cnc2nc(N)nc(N)c12. The Morgan fingerprint density at radius 3 is 2.59 bits per heavy atom. The van der Waals surface area contributed by atoms with Crippen LogP contribution in [-0.4, -0.2) is 45.7 Å². The molecule has 0 aliphatic heterocycles. The van der Waals surface area contributed by atoms with Crippen LogP contribution >= 0.6 is 0 Å². The minimum atomic E-state index is -1.04. The second kappa shape index (κ2) is 8.15. The number of nitrogens with two attached hydrogens (primary N) is 3. The molecule has 3 aromatic rings. The first-order valence-corrected chi connectivity index (χ1v) is 8.91. The molecule has 0 amide bonds. The first kappa shape index (κ1) is 20.1. The fourth-order valence-corrected chi connectivity index (χ4v) is 2.95. The standard InChI is InChI=1S/C19H23N7O3/c1-10-14(9-23-17-15(10)16(21)24-19(22)25-17)26(2)11-3-5-12(6-4-11)29-8-7-13(20)18(27)28/h3-6,9,13H,7-8,20H2,1-2H3,(H,27,28)(H4,21,22,23,24,25). The number of rotatable bonds is 7. The van der Waals surface area contributed by atoms with Crippen LogP contribution in [-0.2, 0) is 4.79 Å². The summed E-state index contributed by atoms with van der Waals surface area (Å²) in [5, 5.41) is 9.46. The number of nitrogens with zero attached hydrogens (tertiary/aromatic N) is 4. The molecule has 3 rings (SSSR count). The summed E-state index contributed by atoms with van der Waals surface area (Å²) in [7, 11) is 1.91. The Morgan fingerprint density at radius 1 is 1.24 bits per heavy atom. The molecule has 10 heteroatoms. The fraction of sp³-hybridized carbons (Fsp3) is 0.263. The van der Waals surface area contributed by atoms with E-state index in [9.17, 15) is 4.79 Å². The first-order valence-electron chi connectivity index (χ1n) is 8.91. The molecule has 0 aliphatic carbocycles. The average molecular weight is 397 g/mol. The topological polar surface area (TPSA) is 167 Å². The number of pyridine rings is 1. The number of carbonyl (C=O) groups is 1. The third kappa shape index (κ3) is 4.27. The Hall–Kier alpha value is -3.66. The molecule has 7 N–H and O–H groups in total. The molecular weight excluding hydrogens is 374 g/mol. The molecule has 2 aromatic heterocycles. The number of hydrogen-bond donors (Lipinski definition) is 4. The van der Waals surface area contributed by atoms with Crippen LogP contribution in [0.1, 0.15) is 12.0 Å². The second-order valence-electron chi connectivity index (χ2n) is 6.57. The minimum absolute atomic E-state index is 0.0860. The Bertz CT molecular complexity index is 1040. The van der Waals surface area contributed by atoms with Crippen molar-refractivity contribution in [3.8, 4) is 5.75 Å². The van der Waals surface area contributed by atoms with Gasteiger partial charge in [0, 0.05) is 19.2 Å². The molecule has 0 saturated heterocycles. The zero-order chi connectivity index (χ0) is 21.1. The van der Waals surface area contributed by atoms with Gasteiger partial charge in [0.25, 0.3) is 0 Å². The normalized spacial score (nSPS) is 12.0. The first-order chi connectivity index (χ1) is 13.8. The van der Waals surface area contributed by atoms with E-state index in [-0.39, 0.29) is 24.8 Å². The van der Waals surface area contributed by atoms with Crippen molar-refractivity contribution in [2.45, 2.75) is 19.4 Å². The van der Waals surface area contributed by atoms with Crippen LogP contribution in [0.25, 0.3) is 11.0 Å². The van der Waals surface area contributed by atoms with E-state index in [1.165, 1.54) is 0 Å². The van der Waals surface area contributed by atoms with Crippen molar-refractivity contribution in [2.75, 3.05) is 30.0 Å². The third-order valence-electron chi connectivity index (χ3n) is 4.60. The maximum atomic E-state index is 10.7. The Kier molecular flexibility index (Phi) is 5.64. The number of benzene rings is 1. The van der Waals surface area contributed by atoms with Crippen LogP contribution < -0.4 is 26.8 Å². The van der Waals surface area contributed by atoms with Crippen LogP contribution in [0.3, 0.4) is 0 Å². The molecular formula is C19H23N7O3. The number of fused-ring (bicyclic) bond motifs is 1. The summed E-state index contributed by atoms with van der Waals surface area (Å²) in [5.41, 5.74) is 20.2. The maximum absolute atomic E-state index is 10.7. The van der Waals surface area contributed by atoms with Gasteiger partial charge >= 0.3 is 5.97 Å². The van der Waals surface area contributed by atoms with Crippen molar-refractivity contribution in [3.63, 3.8) is 0 Å². The quantitative estimate of drug-likeness (QED) is 0.458. The van der Waals surface area contributed by atoms with E-state index < -0.39 is 12.0 Å². The summed E-state index contributed by atoms with van der Waals surface area (Å²) in [5.74, 6) is -0.0427. The predicted octanol–water partition coefficient (Wildman–Crippen LogP) is 1.45. The van der Waals surface area contributed by atoms with E-state index >= 15 is 0 Å². The molecule has 29 heavy (non-hydrogen) atoms. The molecule has 1 atom stereocenters. The lowest BCUT2D eigenvalue weighted by atomic mass is 10.1. The predicted molar refractivity (Wildman–Crippen MR) is 111 cm³/mol. The molecule has 0 fully saturated rings. The summed E-state index contributed by atoms with van der Waals surface area (Å²) < 4.78 is 5.56. The molecule has 0 spiro atoms. The summed E-state index contributed by atoms with van der Waals surface area (Å²) >= 11 is 0. The summed E-state index contributed by atoms with van der Waals surface area (Å²) in [6, 6.07) is 6.45. The Labute approximate surface area is 167 Å². The van der Waals surface area contributed by atoms with Gasteiger partial charge in [-0.25, -0.2) is 4.98 Å². The maximum Gasteiger partial charge on any atom is 0.320 e. The van der Waals surface area contributed by atoms with Crippen LogP contribution in [0.5, 0.6) is 5.75 Å². The van der Waals surface area contributed by atoms with Crippen molar-refractivity contribution >= 4 is 40.1 Å². The number of ether oxygens (including phenoxy) is 1. The van der Waals surface area contributed by atoms with E-state index in [2.05, 4.69) is 15.0 Å². The molecule has 2 heterocycles. The zero-order valence-electron chi connectivity index (χ0n) is 16.2. The minimum Gasteiger partial charge on any atom is -0.494 e. The van der Waals surface area contributed by atoms with Crippen LogP contribution in [0.15, 0.2) is 30.5 Å². The van der Waals surface area contributed by atoms with Gasteiger partial charge in [-0.1, -0.05) is 0 Å². The Balaban J connectivity index is 1.77. The van der Waals surface area contributed by atoms with Gasteiger partial charge < -0.3 is 31.9 Å². The van der Waals surface area contributed by atoms with Gasteiger partial charge in [0.2, 0.25) is 5.95 Å². The summed E-state index contributed by atoms with van der Waals surface area (Å²) in [6.07, 6.45) is 1.94. The summed E-state index contributed by atoms with van der Waals surface area (Å²) in [4.78, 5) is 25.2. The van der Waals surface area contributed by atoms with Crippen LogP contribution in [0, 0.1) is 6.92 Å². The monoisotopic (exact) mass is 397 g/mol. The second-order valence-corrected chi connectivity index (χ2v) is 6.57. The number of anilines is 4. The van der Waals surface area contributed by atoms with Crippen molar-refractivity contribution < 1.29 is 14.6 Å². The lowest BCUT2D eigenvalue weighted by molar-refractivity contribution is -0.138. The van der Waals surface area contributed by atoms with Gasteiger partial charge in [-0.2, -0.15) is 9.97 Å². The lowest BCUT2D eigenvalue weighted by Gasteiger charge is -2.22. The molecule has 0 radical (unpaired) electrons. The van der Waals surface area contributed by atoms with E-state index in [0.717, 1.165) is 16.9 Å². The van der Waals surface area contributed by atoms with Gasteiger partial charge in [-0.3, -0.25) is 4.79 Å². The lowest BCUT2D eigenvalue weighted by Crippen LogP contribution is -2.31. The smallest absolute Gasteiger partial charge is 0.320 e. The molecule has 1 aromatic carbocycles. The van der Waals surface area contributed by atoms with Crippen molar-refractivity contribution in [3.05, 3.63) is 36.0 Å². The number of hydrogen-bond acceptors (Lipinski definition) is 9. The van der Waals surface area contributed by atoms with Gasteiger partial charge in [0.15, 0.2) is 5.65 Å². The molecule has 1 unspecified atom stereocenters. The highest BCUT2D eigenvalue weighted by Gasteiger charge is 2.15. The van der Waals surface area contributed by atoms with Gasteiger partial charge in [0.1, 0.15) is 17.6 Å². The molecule has 10 nitrogen and oxygen atoms in total. The van der Waals surface area contributed by atoms with Crippen molar-refractivity contribution in [1.29, 1.82) is 0 Å². The van der Waals surface area contributed by atoms with E-state index in [4.69, 9.17) is 27.0 Å². The molecule has 0 aliphatic rings. The number of aliphatic carboxylic acids is 1. The van der Waals surface area contributed by atoms with Gasteiger partial charge in [-0.15, -0.1) is 0 Å². The number of nitrogen functional groups attached to an aromatic ring is 2. The van der Waals surface area contributed by atoms with Gasteiger partial charge in [-0.05, 0) is 36.8 Å². The van der Waals surface area contributed by atoms with Crippen LogP contribution in [0.2, 0.25) is 0 Å². The highest BCUT2D eigenvalue weighted by Crippen LogP contribution is 2.32. The number of aromatic nitrogens is 3. The van der Waals surface area contributed by atoms with Crippen LogP contribution in [0.4, 0.5) is 23.1 Å². The van der Waals surface area contributed by atoms with E-state index in [1.807, 2.05) is 31.0 Å². The highest BCUT2D eigenvalue weighted by atomic mass is 16.5. The third-order valence-corrected chi connectivity index (χ3v) is 4.60. The number of aryl methyl sites for hydroxylation is 1. The molecule has 0 saturated carbocycles.